The van der Waals surface area contributed by atoms with E-state index in [0.717, 1.165) is 16.7 Å². The van der Waals surface area contributed by atoms with E-state index in [0.29, 0.717) is 12.8 Å². The first-order valence-corrected chi connectivity index (χ1v) is 6.91. The number of fused-ring (bicyclic) bond motifs is 1. The van der Waals surface area contributed by atoms with Crippen molar-refractivity contribution in [1.82, 2.24) is 4.90 Å². The third-order valence-electron chi connectivity index (χ3n) is 3.61. The fraction of sp³-hybridized carbons (Fsp3) is 0.438. The molecule has 1 heterocycles. The topological polar surface area (TPSA) is 53.7 Å². The molecule has 108 valence electrons. The summed E-state index contributed by atoms with van der Waals surface area (Å²) in [4.78, 5) is 13.7. The van der Waals surface area contributed by atoms with E-state index < -0.39 is 6.10 Å². The van der Waals surface area contributed by atoms with Gasteiger partial charge in [-0.1, -0.05) is 18.2 Å². The van der Waals surface area contributed by atoms with Crippen LogP contribution in [-0.2, 0) is 4.79 Å². The summed E-state index contributed by atoms with van der Waals surface area (Å²) in [6.45, 7) is 3.63. The lowest BCUT2D eigenvalue weighted by Crippen LogP contribution is -2.29. The minimum Gasteiger partial charge on any atom is -0.459 e. The van der Waals surface area contributed by atoms with Gasteiger partial charge in [-0.3, -0.25) is 4.79 Å². The van der Waals surface area contributed by atoms with Gasteiger partial charge in [0.25, 0.3) is 0 Å². The number of para-hydroxylation sites is 1. The fourth-order valence-electron chi connectivity index (χ4n) is 2.12. The Hall–Kier alpha value is -1.81. The molecular weight excluding hydrogens is 254 g/mol. The van der Waals surface area contributed by atoms with Gasteiger partial charge in [0.1, 0.15) is 11.3 Å². The molecule has 2 atom stereocenters. The van der Waals surface area contributed by atoms with Gasteiger partial charge in [-0.2, -0.15) is 0 Å². The van der Waals surface area contributed by atoms with E-state index in [9.17, 15) is 9.90 Å². The van der Waals surface area contributed by atoms with Crippen molar-refractivity contribution in [3.8, 4) is 0 Å². The lowest BCUT2D eigenvalue weighted by atomic mass is 10.1. The highest BCUT2D eigenvalue weighted by Gasteiger charge is 2.20. The number of hydrogen-bond donors (Lipinski definition) is 1. The van der Waals surface area contributed by atoms with Crippen molar-refractivity contribution < 1.29 is 14.3 Å². The number of hydrogen-bond acceptors (Lipinski definition) is 3. The largest absolute Gasteiger partial charge is 0.459 e. The van der Waals surface area contributed by atoms with Gasteiger partial charge in [-0.25, -0.2) is 0 Å². The van der Waals surface area contributed by atoms with Crippen LogP contribution < -0.4 is 0 Å². The van der Waals surface area contributed by atoms with E-state index in [2.05, 4.69) is 0 Å². The van der Waals surface area contributed by atoms with Crippen LogP contribution >= 0.6 is 0 Å². The summed E-state index contributed by atoms with van der Waals surface area (Å²) >= 11 is 0. The van der Waals surface area contributed by atoms with Gasteiger partial charge in [0.05, 0.1) is 12.1 Å². The normalized spacial score (nSPS) is 14.2. The number of amides is 1. The zero-order chi connectivity index (χ0) is 14.7. The predicted molar refractivity (Wildman–Crippen MR) is 78.3 cm³/mol. The summed E-state index contributed by atoms with van der Waals surface area (Å²) in [7, 11) is 1.77. The summed E-state index contributed by atoms with van der Waals surface area (Å²) in [5.74, 6) is 0.790. The number of furan rings is 1. The Kier molecular flexibility index (Phi) is 4.45. The van der Waals surface area contributed by atoms with E-state index in [4.69, 9.17) is 4.42 Å². The van der Waals surface area contributed by atoms with Crippen molar-refractivity contribution in [3.63, 3.8) is 0 Å². The number of rotatable bonds is 5. The van der Waals surface area contributed by atoms with Crippen LogP contribution in [0.4, 0.5) is 0 Å². The molecule has 0 aliphatic rings. The van der Waals surface area contributed by atoms with Crippen LogP contribution in [0.15, 0.2) is 34.7 Å². The van der Waals surface area contributed by atoms with E-state index in [1.54, 1.807) is 18.9 Å². The lowest BCUT2D eigenvalue weighted by molar-refractivity contribution is -0.132. The zero-order valence-corrected chi connectivity index (χ0v) is 12.2. The van der Waals surface area contributed by atoms with Gasteiger partial charge in [0, 0.05) is 18.9 Å². The van der Waals surface area contributed by atoms with Crippen LogP contribution in [0.1, 0.15) is 38.5 Å². The highest BCUT2D eigenvalue weighted by molar-refractivity contribution is 5.79. The maximum atomic E-state index is 12.1. The van der Waals surface area contributed by atoms with Crippen LogP contribution in [0.2, 0.25) is 0 Å². The molecule has 1 aromatic heterocycles. The van der Waals surface area contributed by atoms with Crippen LogP contribution in [-0.4, -0.2) is 29.1 Å². The Labute approximate surface area is 119 Å². The monoisotopic (exact) mass is 275 g/mol. The fourth-order valence-corrected chi connectivity index (χ4v) is 2.12. The molecule has 1 N–H and O–H groups in total. The average molecular weight is 275 g/mol. The van der Waals surface area contributed by atoms with Gasteiger partial charge in [-0.15, -0.1) is 0 Å². The Morgan fingerprint density at radius 2 is 2.05 bits per heavy atom. The standard InChI is InChI=1S/C16H21NO3/c1-11(18)8-9-16(19)17(3)12(2)15-10-13-6-4-5-7-14(13)20-15/h4-7,10-12,18H,8-9H2,1-3H3. The molecular formula is C16H21NO3. The van der Waals surface area contributed by atoms with Gasteiger partial charge < -0.3 is 14.4 Å². The lowest BCUT2D eigenvalue weighted by Gasteiger charge is -2.23. The highest BCUT2D eigenvalue weighted by atomic mass is 16.3. The molecule has 0 fully saturated rings. The molecule has 4 nitrogen and oxygen atoms in total. The number of carbonyl (C=O) groups excluding carboxylic acids is 1. The van der Waals surface area contributed by atoms with Gasteiger partial charge >= 0.3 is 0 Å². The molecule has 0 bridgehead atoms. The summed E-state index contributed by atoms with van der Waals surface area (Å²) in [5, 5.41) is 10.3. The molecule has 0 radical (unpaired) electrons. The van der Waals surface area contributed by atoms with Crippen molar-refractivity contribution in [2.24, 2.45) is 0 Å². The third kappa shape index (κ3) is 3.20. The molecule has 0 spiro atoms. The molecule has 2 rings (SSSR count). The van der Waals surface area contributed by atoms with Gasteiger partial charge in [0.15, 0.2) is 0 Å². The van der Waals surface area contributed by atoms with Gasteiger partial charge in [-0.05, 0) is 32.4 Å². The van der Waals surface area contributed by atoms with Crippen LogP contribution in [0.5, 0.6) is 0 Å². The number of aliphatic hydroxyl groups excluding tert-OH is 1. The van der Waals surface area contributed by atoms with Crippen LogP contribution in [0.25, 0.3) is 11.0 Å². The molecule has 2 unspecified atom stereocenters. The Bertz CT molecular complexity index is 555. The van der Waals surface area contributed by atoms with Crippen molar-refractivity contribution in [3.05, 3.63) is 36.1 Å². The maximum Gasteiger partial charge on any atom is 0.223 e. The summed E-state index contributed by atoms with van der Waals surface area (Å²) in [5.41, 5.74) is 0.833. The smallest absolute Gasteiger partial charge is 0.223 e. The second kappa shape index (κ2) is 6.09. The minimum absolute atomic E-state index is 0.0128. The first-order chi connectivity index (χ1) is 9.49. The highest BCUT2D eigenvalue weighted by Crippen LogP contribution is 2.27. The maximum absolute atomic E-state index is 12.1. The Morgan fingerprint density at radius 3 is 2.70 bits per heavy atom. The third-order valence-corrected chi connectivity index (χ3v) is 3.61. The van der Waals surface area contributed by atoms with E-state index in [1.807, 2.05) is 37.3 Å². The zero-order valence-electron chi connectivity index (χ0n) is 12.2. The molecule has 4 heteroatoms. The molecule has 1 amide bonds. The number of carbonyl (C=O) groups is 1. The van der Waals surface area contributed by atoms with E-state index in [1.165, 1.54) is 0 Å². The van der Waals surface area contributed by atoms with Crippen LogP contribution in [0, 0.1) is 0 Å². The number of aliphatic hydroxyl groups is 1. The van der Waals surface area contributed by atoms with Crippen molar-refractivity contribution in [2.45, 2.75) is 38.8 Å². The minimum atomic E-state index is -0.450. The molecule has 0 aliphatic carbocycles. The van der Waals surface area contributed by atoms with Crippen molar-refractivity contribution in [1.29, 1.82) is 0 Å². The second-order valence-electron chi connectivity index (χ2n) is 5.25. The molecule has 0 saturated heterocycles. The summed E-state index contributed by atoms with van der Waals surface area (Å²) < 4.78 is 5.78. The first kappa shape index (κ1) is 14.6. The molecule has 20 heavy (non-hydrogen) atoms. The van der Waals surface area contributed by atoms with E-state index in [-0.39, 0.29) is 11.9 Å². The van der Waals surface area contributed by atoms with Crippen LogP contribution in [0.3, 0.4) is 0 Å². The SMILES string of the molecule is CC(O)CCC(=O)N(C)C(C)c1cc2ccccc2o1. The van der Waals surface area contributed by atoms with Crippen molar-refractivity contribution >= 4 is 16.9 Å². The predicted octanol–water partition coefficient (Wildman–Crippen LogP) is 3.11. The molecule has 1 aromatic carbocycles. The molecule has 0 saturated carbocycles. The summed E-state index contributed by atoms with van der Waals surface area (Å²) in [6.07, 6.45) is 0.378. The Balaban J connectivity index is 2.09. The number of nitrogens with zero attached hydrogens (tertiary/aromatic N) is 1. The summed E-state index contributed by atoms with van der Waals surface area (Å²) in [6, 6.07) is 9.65. The van der Waals surface area contributed by atoms with Gasteiger partial charge in [0.2, 0.25) is 5.91 Å². The van der Waals surface area contributed by atoms with Crippen molar-refractivity contribution in [2.75, 3.05) is 7.05 Å². The number of benzene rings is 1. The molecule has 0 aliphatic heterocycles. The molecule has 2 aromatic rings. The quantitative estimate of drug-likeness (QED) is 0.912. The van der Waals surface area contributed by atoms with E-state index >= 15 is 0 Å². The second-order valence-corrected chi connectivity index (χ2v) is 5.25. The Morgan fingerprint density at radius 1 is 1.35 bits per heavy atom. The first-order valence-electron chi connectivity index (χ1n) is 6.91. The average Bonchev–Trinajstić information content (AvgIpc) is 2.86.